The van der Waals surface area contributed by atoms with E-state index in [2.05, 4.69) is 5.32 Å². The summed E-state index contributed by atoms with van der Waals surface area (Å²) in [7, 11) is 0.760. The smallest absolute Gasteiger partial charge is 0.317 e. The van der Waals surface area contributed by atoms with E-state index < -0.39 is 10.8 Å². The normalized spacial score (nSPS) is 12.0. The van der Waals surface area contributed by atoms with Gasteiger partial charge in [-0.2, -0.15) is 0 Å². The Morgan fingerprint density at radius 2 is 1.91 bits per heavy atom. The van der Waals surface area contributed by atoms with Gasteiger partial charge < -0.3 is 14.6 Å². The van der Waals surface area contributed by atoms with E-state index in [0.717, 1.165) is 27.5 Å². The van der Waals surface area contributed by atoms with Gasteiger partial charge in [-0.1, -0.05) is 12.1 Å². The summed E-state index contributed by atoms with van der Waals surface area (Å²) in [6.07, 6.45) is 1.65. The highest BCUT2D eigenvalue weighted by atomic mass is 32.2. The van der Waals surface area contributed by atoms with E-state index in [1.807, 2.05) is 44.2 Å². The Morgan fingerprint density at radius 1 is 1.26 bits per heavy atom. The van der Waals surface area contributed by atoms with E-state index in [1.165, 1.54) is 0 Å². The topological polar surface area (TPSA) is 62.6 Å². The summed E-state index contributed by atoms with van der Waals surface area (Å²) in [6, 6.07) is 9.23. The van der Waals surface area contributed by atoms with E-state index >= 15 is 0 Å². The molecule has 2 amide bonds. The van der Waals surface area contributed by atoms with Crippen molar-refractivity contribution in [2.45, 2.75) is 31.8 Å². The number of urea groups is 1. The molecule has 2 aromatic rings. The molecule has 0 saturated heterocycles. The molecule has 0 aliphatic heterocycles. The highest BCUT2D eigenvalue weighted by molar-refractivity contribution is 7.84. The van der Waals surface area contributed by atoms with E-state index in [-0.39, 0.29) is 6.03 Å². The molecule has 124 valence electrons. The molecule has 1 atom stereocenters. The van der Waals surface area contributed by atoms with Gasteiger partial charge in [-0.3, -0.25) is 4.21 Å². The highest BCUT2D eigenvalue weighted by Crippen LogP contribution is 2.13. The Bertz CT molecular complexity index is 707. The number of nitrogens with one attached hydrogen (secondary N) is 1. The Morgan fingerprint density at radius 3 is 2.43 bits per heavy atom. The fourth-order valence-corrected chi connectivity index (χ4v) is 2.82. The summed E-state index contributed by atoms with van der Waals surface area (Å²) >= 11 is 0. The third-order valence-electron chi connectivity index (χ3n) is 3.60. The van der Waals surface area contributed by atoms with Gasteiger partial charge >= 0.3 is 6.03 Å². The number of amides is 2. The van der Waals surface area contributed by atoms with Crippen molar-refractivity contribution < 1.29 is 13.4 Å². The largest absolute Gasteiger partial charge is 0.466 e. The van der Waals surface area contributed by atoms with Gasteiger partial charge in [0.1, 0.15) is 11.5 Å². The number of nitrogens with zero attached hydrogens (tertiary/aromatic N) is 1. The van der Waals surface area contributed by atoms with Crippen molar-refractivity contribution in [1.29, 1.82) is 0 Å². The lowest BCUT2D eigenvalue weighted by Crippen LogP contribution is -2.36. The van der Waals surface area contributed by atoms with Gasteiger partial charge in [0, 0.05) is 47.7 Å². The number of hydrogen-bond acceptors (Lipinski definition) is 3. The van der Waals surface area contributed by atoms with Crippen molar-refractivity contribution in [3.63, 3.8) is 0 Å². The van der Waals surface area contributed by atoms with Crippen molar-refractivity contribution >= 4 is 16.8 Å². The lowest BCUT2D eigenvalue weighted by Gasteiger charge is -2.18. The summed E-state index contributed by atoms with van der Waals surface area (Å²) in [6.45, 7) is 4.71. The molecule has 0 saturated carbocycles. The van der Waals surface area contributed by atoms with Gasteiger partial charge in [-0.15, -0.1) is 0 Å². The molecule has 1 aromatic heterocycles. The maximum Gasteiger partial charge on any atom is 0.317 e. The van der Waals surface area contributed by atoms with Gasteiger partial charge in [-0.05, 0) is 37.6 Å². The number of aryl methyl sites for hydroxylation is 2. The van der Waals surface area contributed by atoms with Crippen molar-refractivity contribution in [2.75, 3.05) is 13.3 Å². The molecule has 6 heteroatoms. The molecule has 0 radical (unpaired) electrons. The molecule has 0 bridgehead atoms. The number of hydrogen-bond donors (Lipinski definition) is 1. The number of benzene rings is 1. The van der Waals surface area contributed by atoms with Crippen LogP contribution in [0.4, 0.5) is 4.79 Å². The van der Waals surface area contributed by atoms with E-state index in [4.69, 9.17) is 4.42 Å². The maximum absolute atomic E-state index is 12.1. The van der Waals surface area contributed by atoms with Gasteiger partial charge in [0.25, 0.3) is 0 Å². The van der Waals surface area contributed by atoms with Crippen LogP contribution >= 0.6 is 0 Å². The fourth-order valence-electron chi connectivity index (χ4n) is 2.30. The van der Waals surface area contributed by atoms with E-state index in [9.17, 15) is 9.00 Å². The molecule has 1 aromatic carbocycles. The first-order valence-corrected chi connectivity index (χ1v) is 8.90. The van der Waals surface area contributed by atoms with Crippen LogP contribution in [0, 0.1) is 13.8 Å². The quantitative estimate of drug-likeness (QED) is 0.914. The van der Waals surface area contributed by atoms with Crippen LogP contribution < -0.4 is 5.32 Å². The van der Waals surface area contributed by atoms with Crippen molar-refractivity contribution in [2.24, 2.45) is 0 Å². The predicted octanol–water partition coefficient (Wildman–Crippen LogP) is 2.98. The molecular weight excluding hydrogens is 312 g/mol. The standard InChI is InChI=1S/C17H22N2O3S/c1-12-9-15(13(2)22-12)10-18-17(20)19(3)11-14-5-7-16(8-6-14)23(4)21/h5-9H,10-11H2,1-4H3,(H,18,20). The fraction of sp³-hybridized carbons (Fsp3) is 0.353. The molecule has 23 heavy (non-hydrogen) atoms. The maximum atomic E-state index is 12.1. The molecule has 0 fully saturated rings. The van der Waals surface area contributed by atoms with Gasteiger partial charge in [0.15, 0.2) is 0 Å². The monoisotopic (exact) mass is 334 g/mol. The average Bonchev–Trinajstić information content (AvgIpc) is 2.83. The second kappa shape index (κ2) is 7.46. The first-order chi connectivity index (χ1) is 10.9. The van der Waals surface area contributed by atoms with E-state index in [1.54, 1.807) is 18.2 Å². The first kappa shape index (κ1) is 17.3. The molecule has 2 rings (SSSR count). The highest BCUT2D eigenvalue weighted by Gasteiger charge is 2.11. The SMILES string of the molecule is Cc1cc(CNC(=O)N(C)Cc2ccc(S(C)=O)cc2)c(C)o1. The van der Waals surface area contributed by atoms with Gasteiger partial charge in [-0.25, -0.2) is 4.79 Å². The summed E-state index contributed by atoms with van der Waals surface area (Å²) in [5.41, 5.74) is 1.98. The molecular formula is C17H22N2O3S. The van der Waals surface area contributed by atoms with E-state index in [0.29, 0.717) is 13.1 Å². The Labute approximate surface area is 139 Å². The van der Waals surface area contributed by atoms with Crippen LogP contribution in [0.1, 0.15) is 22.6 Å². The van der Waals surface area contributed by atoms with Crippen LogP contribution in [0.15, 0.2) is 39.6 Å². The molecule has 1 N–H and O–H groups in total. The molecule has 1 unspecified atom stereocenters. The minimum Gasteiger partial charge on any atom is -0.466 e. The molecule has 0 spiro atoms. The van der Waals surface area contributed by atoms with Crippen LogP contribution in [0.25, 0.3) is 0 Å². The minimum absolute atomic E-state index is 0.147. The molecule has 5 nitrogen and oxygen atoms in total. The third-order valence-corrected chi connectivity index (χ3v) is 4.53. The Balaban J connectivity index is 1.89. The predicted molar refractivity (Wildman–Crippen MR) is 90.7 cm³/mol. The van der Waals surface area contributed by atoms with Crippen LogP contribution in [-0.4, -0.2) is 28.4 Å². The van der Waals surface area contributed by atoms with Crippen LogP contribution in [0.3, 0.4) is 0 Å². The zero-order chi connectivity index (χ0) is 17.0. The van der Waals surface area contributed by atoms with Crippen molar-refractivity contribution in [1.82, 2.24) is 10.2 Å². The first-order valence-electron chi connectivity index (χ1n) is 7.34. The summed E-state index contributed by atoms with van der Waals surface area (Å²) in [4.78, 5) is 14.5. The Hall–Kier alpha value is -2.08. The number of carbonyl (C=O) groups is 1. The summed E-state index contributed by atoms with van der Waals surface area (Å²) in [5.74, 6) is 1.67. The number of carbonyl (C=O) groups excluding carboxylic acids is 1. The molecule has 0 aliphatic rings. The average molecular weight is 334 g/mol. The van der Waals surface area contributed by atoms with Crippen molar-refractivity contribution in [3.8, 4) is 0 Å². The second-order valence-corrected chi connectivity index (χ2v) is 6.93. The van der Waals surface area contributed by atoms with Gasteiger partial charge in [0.05, 0.1) is 0 Å². The minimum atomic E-state index is -0.985. The zero-order valence-electron chi connectivity index (χ0n) is 13.9. The second-order valence-electron chi connectivity index (χ2n) is 5.55. The lowest BCUT2D eigenvalue weighted by atomic mass is 10.2. The van der Waals surface area contributed by atoms with Crippen molar-refractivity contribution in [3.05, 3.63) is 53.0 Å². The summed E-state index contributed by atoms with van der Waals surface area (Å²) < 4.78 is 16.8. The number of rotatable bonds is 5. The zero-order valence-corrected chi connectivity index (χ0v) is 14.7. The molecule has 0 aliphatic carbocycles. The summed E-state index contributed by atoms with van der Waals surface area (Å²) in [5, 5.41) is 2.88. The Kier molecular flexibility index (Phi) is 5.60. The van der Waals surface area contributed by atoms with Gasteiger partial charge in [0.2, 0.25) is 0 Å². The lowest BCUT2D eigenvalue weighted by molar-refractivity contribution is 0.206. The molecule has 1 heterocycles. The van der Waals surface area contributed by atoms with Crippen LogP contribution in [0.5, 0.6) is 0 Å². The van der Waals surface area contributed by atoms with Crippen LogP contribution in [-0.2, 0) is 23.9 Å². The number of furan rings is 1. The third kappa shape index (κ3) is 4.69. The van der Waals surface area contributed by atoms with Crippen LogP contribution in [0.2, 0.25) is 0 Å².